The minimum absolute atomic E-state index is 0.110. The predicted octanol–water partition coefficient (Wildman–Crippen LogP) is 0.870. The molecule has 0 spiro atoms. The lowest BCUT2D eigenvalue weighted by Crippen LogP contribution is -2.33. The number of carbonyl (C=O) groups is 2. The molecule has 0 radical (unpaired) electrons. The maximum absolute atomic E-state index is 11.8. The SMILES string of the molecule is COc1cc(C(=O)NCCNC(C)=O)ccc1C. The van der Waals surface area contributed by atoms with Gasteiger partial charge in [0, 0.05) is 25.6 Å². The third-order valence-corrected chi connectivity index (χ3v) is 2.45. The second-order valence-corrected chi connectivity index (χ2v) is 3.92. The number of rotatable bonds is 5. The average Bonchev–Trinajstić information content (AvgIpc) is 2.34. The van der Waals surface area contributed by atoms with Crippen molar-refractivity contribution < 1.29 is 14.3 Å². The van der Waals surface area contributed by atoms with E-state index in [0.29, 0.717) is 24.4 Å². The van der Waals surface area contributed by atoms with Crippen LogP contribution in [0.2, 0.25) is 0 Å². The number of aryl methyl sites for hydroxylation is 1. The Morgan fingerprint density at radius 3 is 2.50 bits per heavy atom. The van der Waals surface area contributed by atoms with Crippen LogP contribution in [0.15, 0.2) is 18.2 Å². The third kappa shape index (κ3) is 4.08. The maximum atomic E-state index is 11.8. The molecule has 0 heterocycles. The molecule has 0 atom stereocenters. The van der Waals surface area contributed by atoms with Gasteiger partial charge in [-0.05, 0) is 24.6 Å². The fourth-order valence-electron chi connectivity index (χ4n) is 1.48. The van der Waals surface area contributed by atoms with Crippen molar-refractivity contribution in [2.75, 3.05) is 20.2 Å². The monoisotopic (exact) mass is 250 g/mol. The molecular weight excluding hydrogens is 232 g/mol. The van der Waals surface area contributed by atoms with E-state index in [2.05, 4.69) is 10.6 Å². The van der Waals surface area contributed by atoms with Crippen LogP contribution in [0.5, 0.6) is 5.75 Å². The molecule has 0 aliphatic rings. The first-order valence-electron chi connectivity index (χ1n) is 5.72. The molecule has 0 fully saturated rings. The van der Waals surface area contributed by atoms with Crippen molar-refractivity contribution >= 4 is 11.8 Å². The molecule has 98 valence electrons. The second-order valence-electron chi connectivity index (χ2n) is 3.92. The first-order chi connectivity index (χ1) is 8.54. The average molecular weight is 250 g/mol. The van der Waals surface area contributed by atoms with Gasteiger partial charge in [0.15, 0.2) is 0 Å². The van der Waals surface area contributed by atoms with Gasteiger partial charge in [-0.15, -0.1) is 0 Å². The molecule has 5 nitrogen and oxygen atoms in total. The molecule has 0 aromatic heterocycles. The van der Waals surface area contributed by atoms with E-state index in [-0.39, 0.29) is 11.8 Å². The van der Waals surface area contributed by atoms with Gasteiger partial charge in [0.25, 0.3) is 5.91 Å². The molecule has 0 aliphatic carbocycles. The van der Waals surface area contributed by atoms with Crippen LogP contribution in [0.3, 0.4) is 0 Å². The molecule has 0 unspecified atom stereocenters. The largest absolute Gasteiger partial charge is 0.496 e. The number of methoxy groups -OCH3 is 1. The molecule has 1 rings (SSSR count). The van der Waals surface area contributed by atoms with Gasteiger partial charge < -0.3 is 15.4 Å². The van der Waals surface area contributed by atoms with Gasteiger partial charge >= 0.3 is 0 Å². The zero-order chi connectivity index (χ0) is 13.5. The summed E-state index contributed by atoms with van der Waals surface area (Å²) in [5, 5.41) is 5.32. The van der Waals surface area contributed by atoms with Crippen LogP contribution >= 0.6 is 0 Å². The van der Waals surface area contributed by atoms with Gasteiger partial charge in [-0.1, -0.05) is 6.07 Å². The van der Waals surface area contributed by atoms with Crippen LogP contribution in [0.1, 0.15) is 22.8 Å². The van der Waals surface area contributed by atoms with Gasteiger partial charge in [-0.2, -0.15) is 0 Å². The Morgan fingerprint density at radius 2 is 1.89 bits per heavy atom. The van der Waals surface area contributed by atoms with E-state index in [1.807, 2.05) is 13.0 Å². The molecule has 18 heavy (non-hydrogen) atoms. The Hall–Kier alpha value is -2.04. The Morgan fingerprint density at radius 1 is 1.22 bits per heavy atom. The summed E-state index contributed by atoms with van der Waals surface area (Å²) in [7, 11) is 1.57. The van der Waals surface area contributed by atoms with Crippen molar-refractivity contribution in [3.63, 3.8) is 0 Å². The lowest BCUT2D eigenvalue weighted by Gasteiger charge is -2.08. The third-order valence-electron chi connectivity index (χ3n) is 2.45. The van der Waals surface area contributed by atoms with Crippen molar-refractivity contribution in [2.45, 2.75) is 13.8 Å². The van der Waals surface area contributed by atoms with Gasteiger partial charge in [0.2, 0.25) is 5.91 Å². The highest BCUT2D eigenvalue weighted by atomic mass is 16.5. The first-order valence-corrected chi connectivity index (χ1v) is 5.72. The lowest BCUT2D eigenvalue weighted by molar-refractivity contribution is -0.118. The van der Waals surface area contributed by atoms with E-state index in [1.165, 1.54) is 6.92 Å². The van der Waals surface area contributed by atoms with E-state index < -0.39 is 0 Å². The molecular formula is C13H18N2O3. The molecule has 0 saturated carbocycles. The summed E-state index contributed by atoms with van der Waals surface area (Å²) >= 11 is 0. The standard InChI is InChI=1S/C13H18N2O3/c1-9-4-5-11(8-12(9)18-3)13(17)15-7-6-14-10(2)16/h4-5,8H,6-7H2,1-3H3,(H,14,16)(H,15,17). The Balaban J connectivity index is 2.53. The molecule has 0 saturated heterocycles. The number of carbonyl (C=O) groups excluding carboxylic acids is 2. The van der Waals surface area contributed by atoms with Crippen molar-refractivity contribution in [2.24, 2.45) is 0 Å². The van der Waals surface area contributed by atoms with E-state index in [0.717, 1.165) is 5.56 Å². The normalized spacial score (nSPS) is 9.72. The van der Waals surface area contributed by atoms with Crippen molar-refractivity contribution in [3.05, 3.63) is 29.3 Å². The molecule has 5 heteroatoms. The summed E-state index contributed by atoms with van der Waals surface area (Å²) < 4.78 is 5.16. The van der Waals surface area contributed by atoms with Crippen molar-refractivity contribution in [1.82, 2.24) is 10.6 Å². The maximum Gasteiger partial charge on any atom is 0.251 e. The predicted molar refractivity (Wildman–Crippen MR) is 68.7 cm³/mol. The van der Waals surface area contributed by atoms with E-state index in [9.17, 15) is 9.59 Å². The summed E-state index contributed by atoms with van der Waals surface area (Å²) in [6, 6.07) is 5.27. The molecule has 1 aromatic carbocycles. The van der Waals surface area contributed by atoms with Crippen LogP contribution in [0, 0.1) is 6.92 Å². The smallest absolute Gasteiger partial charge is 0.251 e. The van der Waals surface area contributed by atoms with E-state index in [4.69, 9.17) is 4.74 Å². The van der Waals surface area contributed by atoms with Crippen LogP contribution in [0.25, 0.3) is 0 Å². The lowest BCUT2D eigenvalue weighted by atomic mass is 10.1. The van der Waals surface area contributed by atoms with Crippen molar-refractivity contribution in [3.8, 4) is 5.75 Å². The highest BCUT2D eigenvalue weighted by molar-refractivity contribution is 5.94. The van der Waals surface area contributed by atoms with Crippen LogP contribution in [-0.4, -0.2) is 32.0 Å². The first kappa shape index (κ1) is 14.0. The summed E-state index contributed by atoms with van der Waals surface area (Å²) in [4.78, 5) is 22.4. The summed E-state index contributed by atoms with van der Waals surface area (Å²) in [6.45, 7) is 4.17. The zero-order valence-corrected chi connectivity index (χ0v) is 10.9. The second kappa shape index (κ2) is 6.64. The number of nitrogens with one attached hydrogen (secondary N) is 2. The fraction of sp³-hybridized carbons (Fsp3) is 0.385. The topological polar surface area (TPSA) is 67.4 Å². The Kier molecular flexibility index (Phi) is 5.17. The zero-order valence-electron chi connectivity index (χ0n) is 10.9. The van der Waals surface area contributed by atoms with Crippen LogP contribution < -0.4 is 15.4 Å². The van der Waals surface area contributed by atoms with Gasteiger partial charge in [0.1, 0.15) is 5.75 Å². The van der Waals surface area contributed by atoms with Crippen LogP contribution in [0.4, 0.5) is 0 Å². The summed E-state index contributed by atoms with van der Waals surface area (Å²) in [5.74, 6) is 0.393. The Labute approximate surface area is 107 Å². The number of amides is 2. The van der Waals surface area contributed by atoms with Crippen LogP contribution in [-0.2, 0) is 4.79 Å². The number of ether oxygens (including phenoxy) is 1. The van der Waals surface area contributed by atoms with E-state index in [1.54, 1.807) is 19.2 Å². The Bertz CT molecular complexity index is 444. The summed E-state index contributed by atoms with van der Waals surface area (Å²) in [5.41, 5.74) is 1.52. The fourth-order valence-corrected chi connectivity index (χ4v) is 1.48. The van der Waals surface area contributed by atoms with Crippen molar-refractivity contribution in [1.29, 1.82) is 0 Å². The van der Waals surface area contributed by atoms with Gasteiger partial charge in [0.05, 0.1) is 7.11 Å². The molecule has 1 aromatic rings. The van der Waals surface area contributed by atoms with Gasteiger partial charge in [-0.25, -0.2) is 0 Å². The highest BCUT2D eigenvalue weighted by Crippen LogP contribution is 2.18. The molecule has 2 amide bonds. The molecule has 0 bridgehead atoms. The number of hydrogen-bond acceptors (Lipinski definition) is 3. The van der Waals surface area contributed by atoms with E-state index >= 15 is 0 Å². The number of hydrogen-bond donors (Lipinski definition) is 2. The highest BCUT2D eigenvalue weighted by Gasteiger charge is 2.07. The van der Waals surface area contributed by atoms with Gasteiger partial charge in [-0.3, -0.25) is 9.59 Å². The molecule has 0 aliphatic heterocycles. The number of benzene rings is 1. The minimum Gasteiger partial charge on any atom is -0.496 e. The minimum atomic E-state index is -0.182. The molecule has 2 N–H and O–H groups in total. The quantitative estimate of drug-likeness (QED) is 0.762. The summed E-state index contributed by atoms with van der Waals surface area (Å²) in [6.07, 6.45) is 0.